The van der Waals surface area contributed by atoms with Crippen molar-refractivity contribution in [3.05, 3.63) is 53.3 Å². The topological polar surface area (TPSA) is 38.1 Å². The van der Waals surface area contributed by atoms with E-state index in [0.717, 1.165) is 50.2 Å². The number of rotatable bonds is 5. The van der Waals surface area contributed by atoms with Crippen LogP contribution in [0.25, 0.3) is 0 Å². The van der Waals surface area contributed by atoms with Crippen LogP contribution in [-0.4, -0.2) is 33.7 Å². The molecule has 0 radical (unpaired) electrons. The van der Waals surface area contributed by atoms with Gasteiger partial charge in [-0.1, -0.05) is 37.3 Å². The Balaban J connectivity index is 1.67. The first kappa shape index (κ1) is 16.7. The number of carbonyl (C=O) groups is 1. The molecule has 0 N–H and O–H groups in total. The summed E-state index contributed by atoms with van der Waals surface area (Å²) in [6.45, 7) is 6.72. The zero-order valence-corrected chi connectivity index (χ0v) is 14.7. The number of piperidine rings is 1. The number of hydrogen-bond acceptors (Lipinski definition) is 2. The summed E-state index contributed by atoms with van der Waals surface area (Å²) in [5.41, 5.74) is 3.12. The third kappa shape index (κ3) is 3.69. The van der Waals surface area contributed by atoms with Crippen molar-refractivity contribution in [3.8, 4) is 0 Å². The fourth-order valence-corrected chi connectivity index (χ4v) is 3.63. The molecular formula is C20H27N3O. The van der Waals surface area contributed by atoms with Crippen molar-refractivity contribution in [2.24, 2.45) is 5.92 Å². The van der Waals surface area contributed by atoms with Gasteiger partial charge in [0.15, 0.2) is 0 Å². The lowest BCUT2D eigenvalue weighted by Crippen LogP contribution is -2.40. The molecule has 0 bridgehead atoms. The van der Waals surface area contributed by atoms with Crippen molar-refractivity contribution in [2.75, 3.05) is 13.1 Å². The minimum Gasteiger partial charge on any atom is -0.338 e. The van der Waals surface area contributed by atoms with Crippen LogP contribution in [0.2, 0.25) is 0 Å². The Morgan fingerprint density at radius 3 is 2.83 bits per heavy atom. The highest BCUT2D eigenvalue weighted by Crippen LogP contribution is 2.23. The van der Waals surface area contributed by atoms with Gasteiger partial charge in [-0.05, 0) is 44.1 Å². The zero-order chi connectivity index (χ0) is 16.9. The van der Waals surface area contributed by atoms with Crippen molar-refractivity contribution in [2.45, 2.75) is 46.1 Å². The zero-order valence-electron chi connectivity index (χ0n) is 14.7. The van der Waals surface area contributed by atoms with Crippen LogP contribution < -0.4 is 0 Å². The SMILES string of the molecule is CCCn1ncc(C(=O)N2CCCC(Cc3ccccc3)C2)c1C. The fraction of sp³-hybridized carbons (Fsp3) is 0.500. The minimum absolute atomic E-state index is 0.146. The summed E-state index contributed by atoms with van der Waals surface area (Å²) in [6.07, 6.45) is 6.12. The van der Waals surface area contributed by atoms with Crippen LogP contribution in [0.1, 0.15) is 47.8 Å². The molecule has 2 aromatic rings. The molecule has 0 aliphatic carbocycles. The Morgan fingerprint density at radius 2 is 2.08 bits per heavy atom. The standard InChI is InChI=1S/C20H27N3O/c1-3-11-23-16(2)19(14-21-23)20(24)22-12-7-10-18(15-22)13-17-8-5-4-6-9-17/h4-6,8-9,14,18H,3,7,10-13,15H2,1-2H3. The predicted octanol–water partition coefficient (Wildman–Crippen LogP) is 3.70. The molecule has 1 aromatic heterocycles. The summed E-state index contributed by atoms with van der Waals surface area (Å²) in [6, 6.07) is 10.6. The molecule has 1 aliphatic rings. The lowest BCUT2D eigenvalue weighted by molar-refractivity contribution is 0.0672. The molecule has 1 amide bonds. The Labute approximate surface area is 144 Å². The first-order valence-corrected chi connectivity index (χ1v) is 9.04. The van der Waals surface area contributed by atoms with E-state index < -0.39 is 0 Å². The highest BCUT2D eigenvalue weighted by molar-refractivity contribution is 5.95. The van der Waals surface area contributed by atoms with Gasteiger partial charge in [-0.3, -0.25) is 9.48 Å². The summed E-state index contributed by atoms with van der Waals surface area (Å²) in [5.74, 6) is 0.698. The van der Waals surface area contributed by atoms with Crippen LogP contribution in [0.3, 0.4) is 0 Å². The maximum Gasteiger partial charge on any atom is 0.257 e. The highest BCUT2D eigenvalue weighted by Gasteiger charge is 2.26. The average Bonchev–Trinajstić information content (AvgIpc) is 2.97. The summed E-state index contributed by atoms with van der Waals surface area (Å²) in [4.78, 5) is 14.9. The van der Waals surface area contributed by atoms with Gasteiger partial charge in [0.2, 0.25) is 0 Å². The molecule has 1 atom stereocenters. The summed E-state index contributed by atoms with van der Waals surface area (Å²) >= 11 is 0. The van der Waals surface area contributed by atoms with Gasteiger partial charge < -0.3 is 4.90 Å². The van der Waals surface area contributed by atoms with Crippen molar-refractivity contribution in [3.63, 3.8) is 0 Å². The van der Waals surface area contributed by atoms with Crippen LogP contribution >= 0.6 is 0 Å². The van der Waals surface area contributed by atoms with E-state index in [2.05, 4.69) is 42.4 Å². The molecule has 0 saturated carbocycles. The van der Waals surface area contributed by atoms with E-state index in [1.165, 1.54) is 12.0 Å². The smallest absolute Gasteiger partial charge is 0.257 e. The van der Waals surface area contributed by atoms with Gasteiger partial charge in [0.25, 0.3) is 5.91 Å². The largest absolute Gasteiger partial charge is 0.338 e. The maximum absolute atomic E-state index is 12.9. The molecule has 3 rings (SSSR count). The Kier molecular flexibility index (Phi) is 5.34. The summed E-state index contributed by atoms with van der Waals surface area (Å²) < 4.78 is 1.94. The fourth-order valence-electron chi connectivity index (χ4n) is 3.63. The van der Waals surface area contributed by atoms with Gasteiger partial charge in [0.05, 0.1) is 11.8 Å². The molecule has 2 heterocycles. The first-order valence-electron chi connectivity index (χ1n) is 9.04. The van der Waals surface area contributed by atoms with Gasteiger partial charge in [-0.2, -0.15) is 5.10 Å². The third-order valence-electron chi connectivity index (χ3n) is 4.94. The first-order chi connectivity index (χ1) is 11.7. The predicted molar refractivity (Wildman–Crippen MR) is 96.0 cm³/mol. The van der Waals surface area contributed by atoms with Crippen LogP contribution in [0.5, 0.6) is 0 Å². The number of carbonyl (C=O) groups excluding carboxylic acids is 1. The number of likely N-dealkylation sites (tertiary alicyclic amines) is 1. The molecule has 1 unspecified atom stereocenters. The summed E-state index contributed by atoms with van der Waals surface area (Å²) in [5, 5.41) is 4.38. The number of benzene rings is 1. The lowest BCUT2D eigenvalue weighted by atomic mass is 9.91. The second-order valence-corrected chi connectivity index (χ2v) is 6.82. The molecule has 24 heavy (non-hydrogen) atoms. The number of aromatic nitrogens is 2. The van der Waals surface area contributed by atoms with Gasteiger partial charge in [-0.25, -0.2) is 0 Å². The number of aryl methyl sites for hydroxylation is 1. The van der Waals surface area contributed by atoms with Crippen LogP contribution in [0.4, 0.5) is 0 Å². The third-order valence-corrected chi connectivity index (χ3v) is 4.94. The number of nitrogens with zero attached hydrogens (tertiary/aromatic N) is 3. The number of amides is 1. The van der Waals surface area contributed by atoms with Gasteiger partial charge in [0, 0.05) is 25.3 Å². The summed E-state index contributed by atoms with van der Waals surface area (Å²) in [7, 11) is 0. The second kappa shape index (κ2) is 7.65. The molecule has 1 fully saturated rings. The average molecular weight is 325 g/mol. The molecule has 4 heteroatoms. The quantitative estimate of drug-likeness (QED) is 0.841. The van der Waals surface area contributed by atoms with Crippen molar-refractivity contribution in [1.29, 1.82) is 0 Å². The molecule has 4 nitrogen and oxygen atoms in total. The van der Waals surface area contributed by atoms with Crippen LogP contribution in [0, 0.1) is 12.8 Å². The van der Waals surface area contributed by atoms with Crippen molar-refractivity contribution >= 4 is 5.91 Å². The molecular weight excluding hydrogens is 298 g/mol. The second-order valence-electron chi connectivity index (χ2n) is 6.82. The van der Waals surface area contributed by atoms with E-state index in [9.17, 15) is 4.79 Å². The number of hydrogen-bond donors (Lipinski definition) is 0. The van der Waals surface area contributed by atoms with Gasteiger partial charge in [-0.15, -0.1) is 0 Å². The molecule has 0 spiro atoms. The Bertz CT molecular complexity index is 677. The molecule has 1 aromatic carbocycles. The lowest BCUT2D eigenvalue weighted by Gasteiger charge is -2.33. The van der Waals surface area contributed by atoms with E-state index in [1.807, 2.05) is 16.5 Å². The van der Waals surface area contributed by atoms with Crippen LogP contribution in [-0.2, 0) is 13.0 Å². The van der Waals surface area contributed by atoms with E-state index in [1.54, 1.807) is 6.20 Å². The minimum atomic E-state index is 0.146. The highest BCUT2D eigenvalue weighted by atomic mass is 16.2. The molecule has 1 aliphatic heterocycles. The molecule has 1 saturated heterocycles. The molecule has 128 valence electrons. The van der Waals surface area contributed by atoms with Crippen molar-refractivity contribution in [1.82, 2.24) is 14.7 Å². The Hall–Kier alpha value is -2.10. The normalized spacial score (nSPS) is 17.9. The van der Waals surface area contributed by atoms with E-state index >= 15 is 0 Å². The maximum atomic E-state index is 12.9. The van der Waals surface area contributed by atoms with Gasteiger partial charge >= 0.3 is 0 Å². The van der Waals surface area contributed by atoms with Gasteiger partial charge in [0.1, 0.15) is 0 Å². The monoisotopic (exact) mass is 325 g/mol. The van der Waals surface area contributed by atoms with E-state index in [-0.39, 0.29) is 5.91 Å². The van der Waals surface area contributed by atoms with E-state index in [4.69, 9.17) is 0 Å². The van der Waals surface area contributed by atoms with Crippen LogP contribution in [0.15, 0.2) is 36.5 Å². The Morgan fingerprint density at radius 1 is 1.29 bits per heavy atom. The van der Waals surface area contributed by atoms with E-state index in [0.29, 0.717) is 5.92 Å². The van der Waals surface area contributed by atoms with Crippen molar-refractivity contribution < 1.29 is 4.79 Å².